The number of ketones is 1. The summed E-state index contributed by atoms with van der Waals surface area (Å²) in [6.45, 7) is 3.11. The number of rotatable bonds is 9. The molecule has 0 atom stereocenters. The number of aromatic nitrogens is 2. The second-order valence-corrected chi connectivity index (χ2v) is 6.67. The number of unbranched alkanes of at least 4 members (excludes halogenated alkanes) is 5. The topological polar surface area (TPSA) is 78.4 Å². The normalized spacial score (nSPS) is 13.5. The predicted octanol–water partition coefficient (Wildman–Crippen LogP) is 1.61. The van der Waals surface area contributed by atoms with Crippen molar-refractivity contribution >= 4 is 17.3 Å². The van der Waals surface area contributed by atoms with E-state index >= 15 is 0 Å². The molecule has 2 heterocycles. The molecule has 2 rings (SSSR count). The Morgan fingerprint density at radius 2 is 1.67 bits per heavy atom. The SMILES string of the molecule is CC(=O)CCCCCCCCN1CN(C)c2c1n(C)c(=O)[nH]c2=O. The molecular formula is C17H28N4O3. The van der Waals surface area contributed by atoms with Crippen LogP contribution in [0.3, 0.4) is 0 Å². The zero-order chi connectivity index (χ0) is 17.7. The summed E-state index contributed by atoms with van der Waals surface area (Å²) < 4.78 is 1.52. The van der Waals surface area contributed by atoms with E-state index in [1.807, 2.05) is 11.9 Å². The van der Waals surface area contributed by atoms with Gasteiger partial charge in [-0.05, 0) is 19.8 Å². The van der Waals surface area contributed by atoms with Crippen molar-refractivity contribution in [3.63, 3.8) is 0 Å². The number of Topliss-reactive ketones (excluding diaryl/α,β-unsaturated/α-hetero) is 1. The number of hydrogen-bond donors (Lipinski definition) is 1. The van der Waals surface area contributed by atoms with Crippen LogP contribution in [0, 0.1) is 0 Å². The molecule has 0 aromatic carbocycles. The first-order chi connectivity index (χ1) is 11.4. The molecule has 0 aliphatic carbocycles. The highest BCUT2D eigenvalue weighted by molar-refractivity contribution is 5.75. The van der Waals surface area contributed by atoms with Gasteiger partial charge in [0.1, 0.15) is 17.3 Å². The largest absolute Gasteiger partial charge is 0.349 e. The Hall–Kier alpha value is -2.05. The van der Waals surface area contributed by atoms with Crippen LogP contribution < -0.4 is 21.0 Å². The first kappa shape index (κ1) is 18.3. The summed E-state index contributed by atoms with van der Waals surface area (Å²) in [5.74, 6) is 0.986. The minimum absolute atomic E-state index is 0.271. The Morgan fingerprint density at radius 3 is 2.33 bits per heavy atom. The Morgan fingerprint density at radius 1 is 1.04 bits per heavy atom. The molecule has 0 saturated carbocycles. The van der Waals surface area contributed by atoms with Gasteiger partial charge in [-0.1, -0.05) is 25.7 Å². The van der Waals surface area contributed by atoms with E-state index in [2.05, 4.69) is 9.88 Å². The Balaban J connectivity index is 1.81. The fourth-order valence-electron chi connectivity index (χ4n) is 3.26. The minimum atomic E-state index is -0.371. The zero-order valence-corrected chi connectivity index (χ0v) is 14.9. The van der Waals surface area contributed by atoms with Gasteiger partial charge in [0.25, 0.3) is 5.56 Å². The van der Waals surface area contributed by atoms with E-state index in [0.29, 0.717) is 24.6 Å². The maximum absolute atomic E-state index is 12.0. The van der Waals surface area contributed by atoms with Crippen molar-refractivity contribution < 1.29 is 4.79 Å². The molecule has 0 spiro atoms. The third-order valence-corrected chi connectivity index (χ3v) is 4.54. The average Bonchev–Trinajstić information content (AvgIpc) is 2.84. The van der Waals surface area contributed by atoms with Gasteiger partial charge in [0.15, 0.2) is 0 Å². The number of carbonyl (C=O) groups is 1. The van der Waals surface area contributed by atoms with E-state index in [1.165, 1.54) is 4.57 Å². The van der Waals surface area contributed by atoms with Crippen molar-refractivity contribution in [2.45, 2.75) is 51.9 Å². The molecule has 0 bridgehead atoms. The highest BCUT2D eigenvalue weighted by atomic mass is 16.2. The van der Waals surface area contributed by atoms with Crippen LogP contribution in [-0.2, 0) is 11.8 Å². The van der Waals surface area contributed by atoms with Gasteiger partial charge in [0.2, 0.25) is 0 Å². The molecule has 1 aliphatic rings. The summed E-state index contributed by atoms with van der Waals surface area (Å²) in [6.07, 6.45) is 7.25. The van der Waals surface area contributed by atoms with E-state index < -0.39 is 0 Å². The lowest BCUT2D eigenvalue weighted by Gasteiger charge is -2.20. The van der Waals surface area contributed by atoms with Crippen molar-refractivity contribution in [3.05, 3.63) is 20.8 Å². The molecule has 1 N–H and O–H groups in total. The summed E-state index contributed by atoms with van der Waals surface area (Å²) in [6, 6.07) is 0. The van der Waals surface area contributed by atoms with E-state index in [0.717, 1.165) is 45.1 Å². The van der Waals surface area contributed by atoms with Crippen molar-refractivity contribution in [1.82, 2.24) is 9.55 Å². The number of anilines is 2. The number of carbonyl (C=O) groups excluding carboxylic acids is 1. The molecule has 0 fully saturated rings. The molecule has 0 amide bonds. The average molecular weight is 336 g/mol. The number of H-pyrrole nitrogens is 1. The molecule has 7 nitrogen and oxygen atoms in total. The fourth-order valence-corrected chi connectivity index (χ4v) is 3.26. The van der Waals surface area contributed by atoms with Crippen LogP contribution in [-0.4, -0.2) is 35.6 Å². The number of nitrogens with zero attached hydrogens (tertiary/aromatic N) is 3. The van der Waals surface area contributed by atoms with E-state index in [9.17, 15) is 14.4 Å². The summed E-state index contributed by atoms with van der Waals surface area (Å²) in [7, 11) is 3.56. The third-order valence-electron chi connectivity index (χ3n) is 4.54. The summed E-state index contributed by atoms with van der Waals surface area (Å²) >= 11 is 0. The number of nitrogens with one attached hydrogen (secondary N) is 1. The lowest BCUT2D eigenvalue weighted by Crippen LogP contribution is -2.32. The lowest BCUT2D eigenvalue weighted by atomic mass is 10.1. The van der Waals surface area contributed by atoms with Gasteiger partial charge in [-0.25, -0.2) is 4.79 Å². The zero-order valence-electron chi connectivity index (χ0n) is 14.9. The molecule has 1 aromatic rings. The lowest BCUT2D eigenvalue weighted by molar-refractivity contribution is -0.117. The maximum Gasteiger partial charge on any atom is 0.329 e. The van der Waals surface area contributed by atoms with Gasteiger partial charge in [-0.15, -0.1) is 0 Å². The molecule has 24 heavy (non-hydrogen) atoms. The molecule has 134 valence electrons. The van der Waals surface area contributed by atoms with Crippen molar-refractivity contribution in [1.29, 1.82) is 0 Å². The Kier molecular flexibility index (Phi) is 6.23. The molecule has 1 aromatic heterocycles. The first-order valence-electron chi connectivity index (χ1n) is 8.70. The molecule has 0 unspecified atom stereocenters. The Labute approximate surface area is 142 Å². The molecule has 7 heteroatoms. The molecule has 1 aliphatic heterocycles. The summed E-state index contributed by atoms with van der Waals surface area (Å²) in [5.41, 5.74) is -0.116. The van der Waals surface area contributed by atoms with Crippen LogP contribution in [0.25, 0.3) is 0 Å². The van der Waals surface area contributed by atoms with Crippen LogP contribution in [0.5, 0.6) is 0 Å². The van der Waals surface area contributed by atoms with Gasteiger partial charge < -0.3 is 14.6 Å². The predicted molar refractivity (Wildman–Crippen MR) is 95.9 cm³/mol. The van der Waals surface area contributed by atoms with Crippen molar-refractivity contribution in [2.24, 2.45) is 7.05 Å². The smallest absolute Gasteiger partial charge is 0.329 e. The third kappa shape index (κ3) is 4.27. The van der Waals surface area contributed by atoms with Crippen LogP contribution in [0.2, 0.25) is 0 Å². The van der Waals surface area contributed by atoms with E-state index in [-0.39, 0.29) is 17.0 Å². The van der Waals surface area contributed by atoms with Crippen LogP contribution >= 0.6 is 0 Å². The van der Waals surface area contributed by atoms with Crippen molar-refractivity contribution in [3.8, 4) is 0 Å². The first-order valence-corrected chi connectivity index (χ1v) is 8.70. The quantitative estimate of drug-likeness (QED) is 0.693. The van der Waals surface area contributed by atoms with Gasteiger partial charge in [-0.3, -0.25) is 14.3 Å². The van der Waals surface area contributed by atoms with E-state index in [4.69, 9.17) is 0 Å². The van der Waals surface area contributed by atoms with Crippen LogP contribution in [0.15, 0.2) is 9.59 Å². The van der Waals surface area contributed by atoms with Gasteiger partial charge in [0, 0.05) is 27.1 Å². The minimum Gasteiger partial charge on any atom is -0.349 e. The van der Waals surface area contributed by atoms with Crippen LogP contribution in [0.1, 0.15) is 51.9 Å². The second kappa shape index (κ2) is 8.17. The monoisotopic (exact) mass is 336 g/mol. The fraction of sp³-hybridized carbons (Fsp3) is 0.706. The second-order valence-electron chi connectivity index (χ2n) is 6.67. The standard InChI is InChI=1S/C17H28N4O3/c1-13(22)10-8-6-4-5-7-9-11-21-12-19(2)14-15(23)18-17(24)20(3)16(14)21/h4-12H2,1-3H3,(H,18,23,24). The number of hydrogen-bond acceptors (Lipinski definition) is 5. The van der Waals surface area contributed by atoms with Crippen molar-refractivity contribution in [2.75, 3.05) is 30.1 Å². The summed E-state index contributed by atoms with van der Waals surface area (Å²) in [4.78, 5) is 41.0. The Bertz CT molecular complexity index is 692. The van der Waals surface area contributed by atoms with Gasteiger partial charge in [0.05, 0.1) is 6.67 Å². The van der Waals surface area contributed by atoms with Gasteiger partial charge >= 0.3 is 5.69 Å². The number of fused-ring (bicyclic) bond motifs is 1. The van der Waals surface area contributed by atoms with E-state index in [1.54, 1.807) is 14.0 Å². The van der Waals surface area contributed by atoms with Gasteiger partial charge in [-0.2, -0.15) is 0 Å². The molecule has 0 radical (unpaired) electrons. The highest BCUT2D eigenvalue weighted by Gasteiger charge is 2.28. The van der Waals surface area contributed by atoms with Crippen LogP contribution in [0.4, 0.5) is 11.5 Å². The number of aromatic amines is 1. The summed E-state index contributed by atoms with van der Waals surface area (Å²) in [5, 5.41) is 0. The molecule has 0 saturated heterocycles. The highest BCUT2D eigenvalue weighted by Crippen LogP contribution is 2.29. The molecular weight excluding hydrogens is 308 g/mol. The maximum atomic E-state index is 12.0.